The number of anilines is 2. The first-order chi connectivity index (χ1) is 20.8. The molecule has 1 saturated heterocycles. The van der Waals surface area contributed by atoms with E-state index in [0.29, 0.717) is 56.0 Å². The lowest BCUT2D eigenvalue weighted by atomic mass is 9.92. The number of aliphatic imine (C=N–C) groups is 1. The lowest BCUT2D eigenvalue weighted by molar-refractivity contribution is -0.133. The predicted molar refractivity (Wildman–Crippen MR) is 162 cm³/mol. The summed E-state index contributed by atoms with van der Waals surface area (Å²) in [4.78, 5) is 35.2. The molecule has 0 atom stereocenters. The zero-order chi connectivity index (χ0) is 30.2. The summed E-state index contributed by atoms with van der Waals surface area (Å²) in [7, 11) is 3.21. The van der Waals surface area contributed by atoms with Crippen molar-refractivity contribution in [3.63, 3.8) is 0 Å². The molecule has 4 aliphatic rings. The first-order valence-corrected chi connectivity index (χ1v) is 15.3. The van der Waals surface area contributed by atoms with Gasteiger partial charge >= 0.3 is 6.03 Å². The van der Waals surface area contributed by atoms with Crippen molar-refractivity contribution in [3.8, 4) is 0 Å². The van der Waals surface area contributed by atoms with E-state index in [0.717, 1.165) is 61.2 Å². The smallest absolute Gasteiger partial charge is 0.317 e. The molecule has 230 valence electrons. The number of nitrogens with zero attached hydrogens (tertiary/aromatic N) is 6. The third kappa shape index (κ3) is 5.47. The lowest BCUT2D eigenvalue weighted by Crippen LogP contribution is -2.42. The molecule has 12 heteroatoms. The molecular formula is C31H40F2N8O2. The van der Waals surface area contributed by atoms with Gasteiger partial charge in [-0.05, 0) is 61.8 Å². The lowest BCUT2D eigenvalue weighted by Gasteiger charge is -2.34. The fourth-order valence-electron chi connectivity index (χ4n) is 6.84. The monoisotopic (exact) mass is 594 g/mol. The number of nitrogens with one attached hydrogen (secondary N) is 1. The average molecular weight is 595 g/mol. The number of halogens is 2. The van der Waals surface area contributed by atoms with Gasteiger partial charge in [-0.1, -0.05) is 0 Å². The van der Waals surface area contributed by atoms with Gasteiger partial charge in [0.05, 0.1) is 12.6 Å². The zero-order valence-electron chi connectivity index (χ0n) is 24.9. The minimum absolute atomic E-state index is 0.102. The van der Waals surface area contributed by atoms with Crippen LogP contribution in [0.2, 0.25) is 0 Å². The van der Waals surface area contributed by atoms with Gasteiger partial charge in [-0.3, -0.25) is 14.5 Å². The van der Waals surface area contributed by atoms with Gasteiger partial charge in [0.2, 0.25) is 5.91 Å². The molecule has 0 spiro atoms. The van der Waals surface area contributed by atoms with Crippen molar-refractivity contribution >= 4 is 35.2 Å². The molecule has 1 saturated carbocycles. The zero-order valence-corrected chi connectivity index (χ0v) is 24.9. The van der Waals surface area contributed by atoms with E-state index in [1.54, 1.807) is 25.1 Å². The van der Waals surface area contributed by atoms with Crippen molar-refractivity contribution in [2.45, 2.75) is 64.0 Å². The van der Waals surface area contributed by atoms with Crippen LogP contribution in [0.15, 0.2) is 23.3 Å². The van der Waals surface area contributed by atoms with E-state index in [-0.39, 0.29) is 29.5 Å². The Morgan fingerprint density at radius 1 is 1.09 bits per heavy atom. The summed E-state index contributed by atoms with van der Waals surface area (Å²) in [6.07, 6.45) is 5.96. The number of piperidine rings is 1. The number of benzene rings is 1. The number of likely N-dealkylation sites (tertiary alicyclic amines) is 1. The Morgan fingerprint density at radius 3 is 2.51 bits per heavy atom. The number of urea groups is 1. The summed E-state index contributed by atoms with van der Waals surface area (Å²) in [5, 5.41) is 7.93. The molecule has 10 nitrogen and oxygen atoms in total. The number of fused-ring (bicyclic) bond motifs is 2. The Labute approximate surface area is 250 Å². The number of nitrogens with two attached hydrogens (primary N) is 1. The first-order valence-electron chi connectivity index (χ1n) is 15.3. The largest absolute Gasteiger partial charge is 0.404 e. The Morgan fingerprint density at radius 2 is 1.86 bits per heavy atom. The number of carbonyl (C=O) groups excluding carboxylic acids is 2. The standard InChI is InChI=1S/C31H40F2N8O2/c1-35-17-21(16-34)23-14-20-4-3-10-40(27(20)15-24(23)28(32)33)29-25-18-39(31(43)36-2)13-9-26(25)41(37-29)22-7-11-38(12-8-22)30(42)19-5-6-19/h14-17,19,22,28H,3-13,18,34H2,1-2H3,(H,36,43). The Kier molecular flexibility index (Phi) is 8.11. The van der Waals surface area contributed by atoms with Gasteiger partial charge in [0, 0.05) is 93.1 Å². The van der Waals surface area contributed by atoms with Crippen LogP contribution in [-0.4, -0.2) is 78.0 Å². The Bertz CT molecular complexity index is 1460. The van der Waals surface area contributed by atoms with E-state index in [2.05, 4.69) is 19.9 Å². The van der Waals surface area contributed by atoms with Gasteiger partial charge < -0.3 is 25.8 Å². The number of aromatic nitrogens is 2. The molecule has 3 N–H and O–H groups in total. The van der Waals surface area contributed by atoms with Crippen LogP contribution in [0.5, 0.6) is 0 Å². The van der Waals surface area contributed by atoms with E-state index < -0.39 is 6.43 Å². The number of aryl methyl sites for hydroxylation is 1. The van der Waals surface area contributed by atoms with Gasteiger partial charge in [-0.25, -0.2) is 13.6 Å². The predicted octanol–water partition coefficient (Wildman–Crippen LogP) is 4.18. The summed E-state index contributed by atoms with van der Waals surface area (Å²) < 4.78 is 31.1. The number of carbonyl (C=O) groups is 2. The highest BCUT2D eigenvalue weighted by molar-refractivity contribution is 6.10. The number of hydrogen-bond donors (Lipinski definition) is 2. The topological polar surface area (TPSA) is 112 Å². The molecular weight excluding hydrogens is 554 g/mol. The molecule has 0 bridgehead atoms. The molecule has 2 fully saturated rings. The van der Waals surface area contributed by atoms with Gasteiger partial charge in [0.1, 0.15) is 0 Å². The third-order valence-electron chi connectivity index (χ3n) is 9.23. The van der Waals surface area contributed by atoms with Crippen molar-refractivity contribution in [1.82, 2.24) is 24.9 Å². The molecule has 4 heterocycles. The summed E-state index contributed by atoms with van der Waals surface area (Å²) in [6, 6.07) is 3.37. The van der Waals surface area contributed by atoms with E-state index in [9.17, 15) is 18.4 Å². The number of alkyl halides is 2. The first kappa shape index (κ1) is 29.1. The van der Waals surface area contributed by atoms with Gasteiger partial charge in [-0.2, -0.15) is 5.10 Å². The fourth-order valence-corrected chi connectivity index (χ4v) is 6.84. The Hall–Kier alpha value is -3.96. The quantitative estimate of drug-likeness (QED) is 0.488. The van der Waals surface area contributed by atoms with Crippen LogP contribution in [0.3, 0.4) is 0 Å². The van der Waals surface area contributed by atoms with Crippen LogP contribution >= 0.6 is 0 Å². The van der Waals surface area contributed by atoms with E-state index in [4.69, 9.17) is 10.8 Å². The fraction of sp³-hybridized carbons (Fsp3) is 0.548. The molecule has 6 rings (SSSR count). The minimum atomic E-state index is -2.71. The van der Waals surface area contributed by atoms with Crippen molar-refractivity contribution in [2.75, 3.05) is 45.2 Å². The van der Waals surface area contributed by atoms with Gasteiger partial charge in [-0.15, -0.1) is 0 Å². The van der Waals surface area contributed by atoms with E-state index in [1.165, 1.54) is 12.4 Å². The normalized spacial score (nSPS) is 19.7. The maximum absolute atomic E-state index is 14.5. The van der Waals surface area contributed by atoms with E-state index in [1.807, 2.05) is 11.0 Å². The SMILES string of the molecule is CN=CC(=CN)c1cc2c(cc1C(F)F)N(c1nn(C3CCN(C(=O)C4CC4)CC3)c3c1CN(C(=O)NC)CC3)CCC2. The molecule has 2 aromatic rings. The maximum Gasteiger partial charge on any atom is 0.317 e. The summed E-state index contributed by atoms with van der Waals surface area (Å²) >= 11 is 0. The highest BCUT2D eigenvalue weighted by Crippen LogP contribution is 2.43. The highest BCUT2D eigenvalue weighted by atomic mass is 19.3. The van der Waals surface area contributed by atoms with Gasteiger partial charge in [0.25, 0.3) is 6.43 Å². The van der Waals surface area contributed by atoms with Crippen molar-refractivity contribution in [2.24, 2.45) is 16.6 Å². The van der Waals surface area contributed by atoms with Crippen LogP contribution in [0, 0.1) is 5.92 Å². The third-order valence-corrected chi connectivity index (χ3v) is 9.23. The van der Waals surface area contributed by atoms with Crippen LogP contribution in [0.25, 0.3) is 5.57 Å². The molecule has 0 radical (unpaired) electrons. The van der Waals surface area contributed by atoms with Crippen LogP contribution < -0.4 is 16.0 Å². The Balaban J connectivity index is 1.39. The average Bonchev–Trinajstić information content (AvgIpc) is 3.82. The number of allylic oxidation sites excluding steroid dienone is 1. The second-order valence-corrected chi connectivity index (χ2v) is 11.9. The summed E-state index contributed by atoms with van der Waals surface area (Å²) in [5.41, 5.74) is 10.3. The number of rotatable bonds is 6. The van der Waals surface area contributed by atoms with Crippen molar-refractivity contribution < 1.29 is 18.4 Å². The maximum atomic E-state index is 14.5. The molecule has 0 unspecified atom stereocenters. The molecule has 1 aromatic heterocycles. The number of amides is 3. The van der Waals surface area contributed by atoms with Crippen LogP contribution in [0.4, 0.5) is 25.1 Å². The highest BCUT2D eigenvalue weighted by Gasteiger charge is 2.38. The second kappa shape index (κ2) is 12.0. The van der Waals surface area contributed by atoms with Crippen LogP contribution in [-0.2, 0) is 24.2 Å². The van der Waals surface area contributed by atoms with Gasteiger partial charge in [0.15, 0.2) is 5.82 Å². The summed E-state index contributed by atoms with van der Waals surface area (Å²) in [5.74, 6) is 1.21. The molecule has 43 heavy (non-hydrogen) atoms. The molecule has 1 aromatic carbocycles. The molecule has 3 aliphatic heterocycles. The van der Waals surface area contributed by atoms with Crippen molar-refractivity contribution in [3.05, 3.63) is 46.3 Å². The molecule has 3 amide bonds. The number of hydrogen-bond acceptors (Lipinski definition) is 6. The molecule has 1 aliphatic carbocycles. The van der Waals surface area contributed by atoms with E-state index >= 15 is 0 Å². The second-order valence-electron chi connectivity index (χ2n) is 11.9. The summed E-state index contributed by atoms with van der Waals surface area (Å²) in [6.45, 7) is 3.00. The minimum Gasteiger partial charge on any atom is -0.404 e. The van der Waals surface area contributed by atoms with Crippen LogP contribution in [0.1, 0.15) is 72.5 Å². The van der Waals surface area contributed by atoms with Crippen molar-refractivity contribution in [1.29, 1.82) is 0 Å².